The van der Waals surface area contributed by atoms with Crippen LogP contribution in [0, 0.1) is 0 Å². The summed E-state index contributed by atoms with van der Waals surface area (Å²) < 4.78 is 34.7. The second kappa shape index (κ2) is 16.0. The van der Waals surface area contributed by atoms with Crippen LogP contribution in [0.5, 0.6) is 23.0 Å². The Balaban J connectivity index is 1.35. The molecule has 0 saturated carbocycles. The van der Waals surface area contributed by atoms with Crippen molar-refractivity contribution >= 4 is 0 Å². The summed E-state index contributed by atoms with van der Waals surface area (Å²) in [6.07, 6.45) is 4.73. The summed E-state index contributed by atoms with van der Waals surface area (Å²) in [7, 11) is 0. The molecular formula is C40H46O6. The van der Waals surface area contributed by atoms with Crippen molar-refractivity contribution in [2.75, 3.05) is 39.6 Å². The Morgan fingerprint density at radius 1 is 0.478 bits per heavy atom. The Morgan fingerprint density at radius 2 is 0.761 bits per heavy atom. The smallest absolute Gasteiger partial charge is 0.119 e. The Kier molecular flexibility index (Phi) is 11.1. The largest absolute Gasteiger partial charge is 0.494 e. The van der Waals surface area contributed by atoms with Crippen molar-refractivity contribution in [1.82, 2.24) is 0 Å². The van der Waals surface area contributed by atoms with E-state index in [1.165, 1.54) is 22.3 Å². The summed E-state index contributed by atoms with van der Waals surface area (Å²) in [5.41, 5.74) is 4.83. The number of hydrogen-bond donors (Lipinski definition) is 0. The van der Waals surface area contributed by atoms with E-state index in [4.69, 9.17) is 28.4 Å². The lowest BCUT2D eigenvalue weighted by Gasteiger charge is -2.30. The molecule has 2 heterocycles. The number of rotatable bonds is 19. The van der Waals surface area contributed by atoms with Gasteiger partial charge in [0.2, 0.25) is 0 Å². The van der Waals surface area contributed by atoms with E-state index in [2.05, 4.69) is 111 Å². The van der Waals surface area contributed by atoms with Crippen LogP contribution in [0.4, 0.5) is 0 Å². The molecule has 2 aliphatic heterocycles. The Labute approximate surface area is 273 Å². The minimum absolute atomic E-state index is 0.0176. The second-order valence-corrected chi connectivity index (χ2v) is 12.2. The fraction of sp³-hybridized carbons (Fsp3) is 0.400. The van der Waals surface area contributed by atoms with Crippen LogP contribution in [-0.2, 0) is 9.47 Å². The molecular weight excluding hydrogens is 576 g/mol. The molecule has 242 valence electrons. The maximum absolute atomic E-state index is 6.03. The molecule has 0 spiro atoms. The molecule has 4 aromatic carbocycles. The molecule has 0 aliphatic carbocycles. The highest BCUT2D eigenvalue weighted by atomic mass is 16.6. The van der Waals surface area contributed by atoms with Crippen LogP contribution in [0.15, 0.2) is 97.1 Å². The molecule has 46 heavy (non-hydrogen) atoms. The summed E-state index contributed by atoms with van der Waals surface area (Å²) in [5.74, 6) is 3.53. The maximum atomic E-state index is 6.03. The van der Waals surface area contributed by atoms with E-state index in [0.717, 1.165) is 75.1 Å². The number of benzene rings is 4. The first kappa shape index (κ1) is 32.0. The van der Waals surface area contributed by atoms with E-state index in [0.29, 0.717) is 13.2 Å². The standard InChI is InChI=1S/C40H46O6/c1-3-5-23-41-33-15-7-29(8-16-33)39(31-11-19-35(20-12-31)43-25-37-27-45-37)40(30-9-17-34(18-10-30)42-24-6-4-2)32-13-21-36(22-14-32)44-26-38-28-46-38/h7-22,37-40H,3-6,23-28H2,1-2H3. The summed E-state index contributed by atoms with van der Waals surface area (Å²) in [6.45, 7) is 8.53. The van der Waals surface area contributed by atoms with Gasteiger partial charge in [0.05, 0.1) is 26.4 Å². The number of ether oxygens (including phenoxy) is 6. The molecule has 2 fully saturated rings. The molecule has 6 heteroatoms. The van der Waals surface area contributed by atoms with Crippen LogP contribution in [0.3, 0.4) is 0 Å². The van der Waals surface area contributed by atoms with Crippen molar-refractivity contribution in [2.24, 2.45) is 0 Å². The molecule has 2 aliphatic rings. The summed E-state index contributed by atoms with van der Waals surface area (Å²) >= 11 is 0. The predicted octanol–water partition coefficient (Wildman–Crippen LogP) is 8.56. The lowest BCUT2D eigenvalue weighted by Crippen LogP contribution is -2.15. The van der Waals surface area contributed by atoms with Crippen molar-refractivity contribution in [3.05, 3.63) is 119 Å². The molecule has 4 aromatic rings. The number of unbranched alkanes of at least 4 members (excludes halogenated alkanes) is 2. The lowest BCUT2D eigenvalue weighted by molar-refractivity contribution is 0.263. The fourth-order valence-corrected chi connectivity index (χ4v) is 5.62. The van der Waals surface area contributed by atoms with Gasteiger partial charge in [-0.1, -0.05) is 75.2 Å². The van der Waals surface area contributed by atoms with E-state index in [9.17, 15) is 0 Å². The molecule has 0 N–H and O–H groups in total. The molecule has 4 atom stereocenters. The van der Waals surface area contributed by atoms with E-state index in [1.807, 2.05) is 0 Å². The molecule has 2 saturated heterocycles. The Bertz CT molecular complexity index is 1340. The minimum Gasteiger partial charge on any atom is -0.494 e. The van der Waals surface area contributed by atoms with Gasteiger partial charge >= 0.3 is 0 Å². The van der Waals surface area contributed by atoms with Crippen molar-refractivity contribution < 1.29 is 28.4 Å². The van der Waals surface area contributed by atoms with Gasteiger partial charge in [-0.3, -0.25) is 0 Å². The zero-order chi connectivity index (χ0) is 31.6. The summed E-state index contributed by atoms with van der Waals surface area (Å²) in [4.78, 5) is 0. The van der Waals surface area contributed by atoms with Crippen LogP contribution in [0.25, 0.3) is 0 Å². The third-order valence-corrected chi connectivity index (χ3v) is 8.50. The first-order chi connectivity index (χ1) is 22.7. The monoisotopic (exact) mass is 622 g/mol. The van der Waals surface area contributed by atoms with Gasteiger partial charge in [0.15, 0.2) is 0 Å². The molecule has 0 radical (unpaired) electrons. The third-order valence-electron chi connectivity index (χ3n) is 8.50. The van der Waals surface area contributed by atoms with Crippen molar-refractivity contribution in [3.63, 3.8) is 0 Å². The van der Waals surface area contributed by atoms with E-state index in [-0.39, 0.29) is 24.0 Å². The quantitative estimate of drug-likeness (QED) is 0.0771. The molecule has 0 amide bonds. The highest BCUT2D eigenvalue weighted by Gasteiger charge is 2.29. The van der Waals surface area contributed by atoms with E-state index < -0.39 is 0 Å². The first-order valence-corrected chi connectivity index (χ1v) is 16.8. The topological polar surface area (TPSA) is 62.0 Å². The van der Waals surface area contributed by atoms with Crippen LogP contribution < -0.4 is 18.9 Å². The zero-order valence-electron chi connectivity index (χ0n) is 27.1. The number of epoxide rings is 2. The van der Waals surface area contributed by atoms with Gasteiger partial charge in [0, 0.05) is 11.8 Å². The summed E-state index contributed by atoms with van der Waals surface area (Å²) in [5, 5.41) is 0. The second-order valence-electron chi connectivity index (χ2n) is 12.2. The molecule has 6 nitrogen and oxygen atoms in total. The predicted molar refractivity (Wildman–Crippen MR) is 181 cm³/mol. The Hall–Kier alpha value is -4.00. The van der Waals surface area contributed by atoms with Gasteiger partial charge in [-0.25, -0.2) is 0 Å². The van der Waals surface area contributed by atoms with E-state index in [1.54, 1.807) is 0 Å². The molecule has 4 unspecified atom stereocenters. The zero-order valence-corrected chi connectivity index (χ0v) is 27.1. The van der Waals surface area contributed by atoms with Crippen molar-refractivity contribution in [2.45, 2.75) is 63.6 Å². The maximum Gasteiger partial charge on any atom is 0.119 e. The SMILES string of the molecule is CCCCOc1ccc(C(c2ccc(OCC3CO3)cc2)C(c2ccc(OCCCC)cc2)c2ccc(OCC3CO3)cc2)cc1. The molecule has 0 aromatic heterocycles. The Morgan fingerprint density at radius 3 is 1.02 bits per heavy atom. The van der Waals surface area contributed by atoms with E-state index >= 15 is 0 Å². The van der Waals surface area contributed by atoms with Gasteiger partial charge < -0.3 is 28.4 Å². The number of hydrogen-bond acceptors (Lipinski definition) is 6. The highest BCUT2D eigenvalue weighted by molar-refractivity contribution is 5.48. The van der Waals surface area contributed by atoms with Gasteiger partial charge in [-0.15, -0.1) is 0 Å². The molecule has 6 rings (SSSR count). The normalized spacial score (nSPS) is 18.0. The van der Waals surface area contributed by atoms with Crippen molar-refractivity contribution in [3.8, 4) is 23.0 Å². The van der Waals surface area contributed by atoms with Crippen LogP contribution in [-0.4, -0.2) is 51.8 Å². The van der Waals surface area contributed by atoms with Gasteiger partial charge in [-0.05, 0) is 83.6 Å². The van der Waals surface area contributed by atoms with Crippen LogP contribution >= 0.6 is 0 Å². The van der Waals surface area contributed by atoms with Crippen molar-refractivity contribution in [1.29, 1.82) is 0 Å². The fourth-order valence-electron chi connectivity index (χ4n) is 5.62. The average Bonchev–Trinajstić information content (AvgIpc) is 4.04. The molecule has 0 bridgehead atoms. The van der Waals surface area contributed by atoms with Crippen LogP contribution in [0.2, 0.25) is 0 Å². The third kappa shape index (κ3) is 9.05. The minimum atomic E-state index is 0.0176. The average molecular weight is 623 g/mol. The van der Waals surface area contributed by atoms with Gasteiger partial charge in [0.1, 0.15) is 48.4 Å². The summed E-state index contributed by atoms with van der Waals surface area (Å²) in [6, 6.07) is 34.3. The van der Waals surface area contributed by atoms with Gasteiger partial charge in [-0.2, -0.15) is 0 Å². The highest BCUT2D eigenvalue weighted by Crippen LogP contribution is 2.44. The van der Waals surface area contributed by atoms with Crippen LogP contribution in [0.1, 0.15) is 73.6 Å². The first-order valence-electron chi connectivity index (χ1n) is 16.8. The lowest BCUT2D eigenvalue weighted by atomic mass is 9.73. The van der Waals surface area contributed by atoms with Gasteiger partial charge in [0.25, 0.3) is 0 Å².